The topological polar surface area (TPSA) is 81.9 Å². The van der Waals surface area contributed by atoms with Crippen LogP contribution in [0.1, 0.15) is 46.3 Å². The average Bonchev–Trinajstić information content (AvgIpc) is 3.12. The van der Waals surface area contributed by atoms with Gasteiger partial charge in [-0.2, -0.15) is 0 Å². The zero-order valence-electron chi connectivity index (χ0n) is 16.5. The minimum Gasteiger partial charge on any atom is -0.493 e. The maximum atomic E-state index is 13.0. The summed E-state index contributed by atoms with van der Waals surface area (Å²) in [6, 6.07) is 5.48. The lowest BCUT2D eigenvalue weighted by atomic mass is 10.0. The fourth-order valence-corrected chi connectivity index (χ4v) is 4.77. The molecule has 0 saturated carbocycles. The van der Waals surface area contributed by atoms with Crippen molar-refractivity contribution in [1.82, 2.24) is 14.7 Å². The number of aromatic nitrogens is 2. The summed E-state index contributed by atoms with van der Waals surface area (Å²) in [6.07, 6.45) is 5.40. The molecule has 1 N–H and O–H groups in total. The van der Waals surface area contributed by atoms with Gasteiger partial charge >= 0.3 is 0 Å². The molecule has 0 atom stereocenters. The third-order valence-electron chi connectivity index (χ3n) is 5.03. The number of ether oxygens (including phenoxy) is 2. The first-order valence-electron chi connectivity index (χ1n) is 9.72. The van der Waals surface area contributed by atoms with E-state index >= 15 is 0 Å². The molecule has 29 heavy (non-hydrogen) atoms. The second-order valence-corrected chi connectivity index (χ2v) is 7.94. The van der Waals surface area contributed by atoms with Gasteiger partial charge in [0, 0.05) is 23.3 Å². The summed E-state index contributed by atoms with van der Waals surface area (Å²) >= 11 is 1.55. The lowest BCUT2D eigenvalue weighted by Gasteiger charge is -2.12. The van der Waals surface area contributed by atoms with Crippen LogP contribution in [-0.2, 0) is 19.4 Å². The summed E-state index contributed by atoms with van der Waals surface area (Å²) in [7, 11) is 1.58. The Morgan fingerprint density at radius 2 is 2.10 bits per heavy atom. The molecule has 0 radical (unpaired) electrons. The summed E-state index contributed by atoms with van der Waals surface area (Å²) in [5.74, 6) is 0.827. The van der Waals surface area contributed by atoms with Crippen LogP contribution in [-0.4, -0.2) is 29.0 Å². The van der Waals surface area contributed by atoms with Crippen molar-refractivity contribution < 1.29 is 14.3 Å². The number of benzene rings is 1. The number of hydrogen-bond acceptors (Lipinski definition) is 6. The van der Waals surface area contributed by atoms with E-state index in [0.29, 0.717) is 23.1 Å². The summed E-state index contributed by atoms with van der Waals surface area (Å²) in [6.45, 7) is 2.68. The van der Waals surface area contributed by atoms with Crippen molar-refractivity contribution in [1.29, 1.82) is 0 Å². The lowest BCUT2D eigenvalue weighted by molar-refractivity contribution is 0.0949. The molecular formula is C21H23N3O4S. The first-order valence-corrected chi connectivity index (χ1v) is 10.5. The standard InChI is InChI=1S/C21H23N3O4S/c1-3-28-17-10-13(8-9-16(17)27-2)11-22-19(25)14-12-23-21-24(20(14)26)15-6-4-5-7-18(15)29-21/h8-10,12H,3-7,11H2,1-2H3,(H,22,25). The Bertz CT molecular complexity index is 1120. The van der Waals surface area contributed by atoms with E-state index in [2.05, 4.69) is 10.3 Å². The Hall–Kier alpha value is -2.87. The zero-order valence-corrected chi connectivity index (χ0v) is 17.3. The van der Waals surface area contributed by atoms with Gasteiger partial charge < -0.3 is 14.8 Å². The minimum absolute atomic E-state index is 0.0622. The van der Waals surface area contributed by atoms with Gasteiger partial charge in [0.1, 0.15) is 5.56 Å². The normalized spacial score (nSPS) is 13.2. The quantitative estimate of drug-likeness (QED) is 0.672. The zero-order chi connectivity index (χ0) is 20.4. The maximum Gasteiger partial charge on any atom is 0.271 e. The van der Waals surface area contributed by atoms with Crippen LogP contribution in [0.2, 0.25) is 0 Å². The average molecular weight is 413 g/mol. The Labute approximate surface area is 172 Å². The van der Waals surface area contributed by atoms with E-state index in [4.69, 9.17) is 9.47 Å². The van der Waals surface area contributed by atoms with Crippen LogP contribution in [0.4, 0.5) is 0 Å². The summed E-state index contributed by atoms with van der Waals surface area (Å²) in [5, 5.41) is 2.81. The van der Waals surface area contributed by atoms with Crippen molar-refractivity contribution in [3.05, 3.63) is 56.4 Å². The number of hydrogen-bond donors (Lipinski definition) is 1. The second-order valence-electron chi connectivity index (χ2n) is 6.87. The van der Waals surface area contributed by atoms with Crippen LogP contribution in [0.15, 0.2) is 29.2 Å². The fourth-order valence-electron chi connectivity index (χ4n) is 3.60. The van der Waals surface area contributed by atoms with Crippen molar-refractivity contribution in [3.8, 4) is 11.5 Å². The van der Waals surface area contributed by atoms with Crippen molar-refractivity contribution in [3.63, 3.8) is 0 Å². The molecule has 0 fully saturated rings. The molecule has 0 bridgehead atoms. The largest absolute Gasteiger partial charge is 0.493 e. The first kappa shape index (κ1) is 19.4. The van der Waals surface area contributed by atoms with Gasteiger partial charge in [0.15, 0.2) is 16.5 Å². The third-order valence-corrected chi connectivity index (χ3v) is 6.18. The van der Waals surface area contributed by atoms with E-state index in [-0.39, 0.29) is 17.7 Å². The van der Waals surface area contributed by atoms with E-state index in [1.54, 1.807) is 28.9 Å². The van der Waals surface area contributed by atoms with E-state index < -0.39 is 5.91 Å². The smallest absolute Gasteiger partial charge is 0.271 e. The molecule has 0 saturated heterocycles. The Kier molecular flexibility index (Phi) is 5.53. The highest BCUT2D eigenvalue weighted by molar-refractivity contribution is 7.17. The number of thiazole rings is 1. The summed E-state index contributed by atoms with van der Waals surface area (Å²) < 4.78 is 12.5. The molecule has 8 heteroatoms. The van der Waals surface area contributed by atoms with Crippen molar-refractivity contribution in [2.24, 2.45) is 0 Å². The van der Waals surface area contributed by atoms with Gasteiger partial charge in [-0.25, -0.2) is 4.98 Å². The first-order chi connectivity index (χ1) is 14.1. The predicted molar refractivity (Wildman–Crippen MR) is 111 cm³/mol. The molecule has 0 unspecified atom stereocenters. The molecule has 4 rings (SSSR count). The number of nitrogens with one attached hydrogen (secondary N) is 1. The fraction of sp³-hybridized carbons (Fsp3) is 0.381. The Morgan fingerprint density at radius 3 is 2.90 bits per heavy atom. The van der Waals surface area contributed by atoms with E-state index in [1.807, 2.05) is 19.1 Å². The van der Waals surface area contributed by atoms with Crippen LogP contribution < -0.4 is 20.3 Å². The predicted octanol–water partition coefficient (Wildman–Crippen LogP) is 2.97. The van der Waals surface area contributed by atoms with Crippen LogP contribution >= 0.6 is 11.3 Å². The highest BCUT2D eigenvalue weighted by Crippen LogP contribution is 2.29. The number of methoxy groups -OCH3 is 1. The Morgan fingerprint density at radius 1 is 1.28 bits per heavy atom. The molecule has 1 aliphatic carbocycles. The van der Waals surface area contributed by atoms with Gasteiger partial charge in [-0.15, -0.1) is 11.3 Å². The molecule has 3 aromatic rings. The molecule has 2 heterocycles. The van der Waals surface area contributed by atoms with Gasteiger partial charge in [0.2, 0.25) is 0 Å². The van der Waals surface area contributed by atoms with Gasteiger partial charge in [0.25, 0.3) is 11.5 Å². The number of amides is 1. The van der Waals surface area contributed by atoms with Gasteiger partial charge in [0.05, 0.1) is 13.7 Å². The number of aryl methyl sites for hydroxylation is 2. The lowest BCUT2D eigenvalue weighted by Crippen LogP contribution is -2.31. The minimum atomic E-state index is -0.429. The summed E-state index contributed by atoms with van der Waals surface area (Å²) in [5.41, 5.74) is 1.63. The third kappa shape index (κ3) is 3.72. The van der Waals surface area contributed by atoms with Gasteiger partial charge in [-0.05, 0) is 50.3 Å². The monoisotopic (exact) mass is 413 g/mol. The van der Waals surface area contributed by atoms with Crippen LogP contribution in [0.5, 0.6) is 11.5 Å². The van der Waals surface area contributed by atoms with Gasteiger partial charge in [-0.3, -0.25) is 14.0 Å². The number of carbonyl (C=O) groups excluding carboxylic acids is 1. The molecule has 1 aliphatic rings. The highest BCUT2D eigenvalue weighted by Gasteiger charge is 2.21. The van der Waals surface area contributed by atoms with Crippen LogP contribution in [0.3, 0.4) is 0 Å². The number of rotatable bonds is 6. The van der Waals surface area contributed by atoms with E-state index in [9.17, 15) is 9.59 Å². The number of carbonyl (C=O) groups is 1. The van der Waals surface area contributed by atoms with Crippen molar-refractivity contribution in [2.45, 2.75) is 39.2 Å². The molecule has 0 spiro atoms. The second kappa shape index (κ2) is 8.24. The molecule has 1 aromatic carbocycles. The van der Waals surface area contributed by atoms with Gasteiger partial charge in [-0.1, -0.05) is 6.07 Å². The molecule has 7 nitrogen and oxygen atoms in total. The molecule has 1 amide bonds. The molecular weight excluding hydrogens is 390 g/mol. The van der Waals surface area contributed by atoms with Crippen LogP contribution in [0, 0.1) is 0 Å². The Balaban J connectivity index is 1.56. The number of fused-ring (bicyclic) bond motifs is 3. The molecule has 0 aliphatic heterocycles. The maximum absolute atomic E-state index is 13.0. The molecule has 2 aromatic heterocycles. The SMILES string of the molecule is CCOc1cc(CNC(=O)c2cnc3sc4c(n3c2=O)CCCC4)ccc1OC. The van der Waals surface area contributed by atoms with E-state index in [0.717, 1.165) is 36.9 Å². The van der Waals surface area contributed by atoms with Crippen molar-refractivity contribution in [2.75, 3.05) is 13.7 Å². The highest BCUT2D eigenvalue weighted by atomic mass is 32.1. The number of nitrogens with zero attached hydrogens (tertiary/aromatic N) is 2. The van der Waals surface area contributed by atoms with Crippen LogP contribution in [0.25, 0.3) is 4.96 Å². The van der Waals surface area contributed by atoms with Crippen molar-refractivity contribution >= 4 is 22.2 Å². The summed E-state index contributed by atoms with van der Waals surface area (Å²) in [4.78, 5) is 31.9. The van der Waals surface area contributed by atoms with E-state index in [1.165, 1.54) is 11.1 Å². The molecule has 152 valence electrons.